The molecule has 82 valence electrons. The van der Waals surface area contributed by atoms with E-state index in [9.17, 15) is 5.11 Å². The first-order valence-corrected chi connectivity index (χ1v) is 5.94. The third-order valence-corrected chi connectivity index (χ3v) is 3.74. The van der Waals surface area contributed by atoms with Gasteiger partial charge in [-0.15, -0.1) is 0 Å². The molecule has 2 heterocycles. The maximum absolute atomic E-state index is 9.40. The second kappa shape index (κ2) is 4.63. The fourth-order valence-electron chi connectivity index (χ4n) is 1.64. The Hall–Kier alpha value is -0.390. The lowest BCUT2D eigenvalue weighted by Gasteiger charge is -2.30. The molecular weight excluding hydrogens is 281 g/mol. The number of piperidine rings is 1. The molecule has 1 aliphatic rings. The first-order chi connectivity index (χ1) is 7.18. The van der Waals surface area contributed by atoms with Crippen molar-refractivity contribution in [1.82, 2.24) is 9.97 Å². The highest BCUT2D eigenvalue weighted by molar-refractivity contribution is 9.10. The van der Waals surface area contributed by atoms with E-state index in [-0.39, 0.29) is 6.10 Å². The summed E-state index contributed by atoms with van der Waals surface area (Å²) in [5.41, 5.74) is 0. The van der Waals surface area contributed by atoms with Crippen LogP contribution in [0.15, 0.2) is 10.8 Å². The number of aliphatic hydroxyl groups is 1. The van der Waals surface area contributed by atoms with Crippen LogP contribution in [0.3, 0.4) is 0 Å². The van der Waals surface area contributed by atoms with Crippen LogP contribution in [0.4, 0.5) is 5.82 Å². The summed E-state index contributed by atoms with van der Waals surface area (Å²) in [6.45, 7) is 1.60. The van der Waals surface area contributed by atoms with E-state index in [0.717, 1.165) is 36.2 Å². The second-order valence-corrected chi connectivity index (χ2v) is 4.67. The SMILES string of the molecule is OC1CCN(c2ncnc(Cl)c2Br)CC1. The van der Waals surface area contributed by atoms with Crippen LogP contribution in [0.1, 0.15) is 12.8 Å². The molecule has 15 heavy (non-hydrogen) atoms. The van der Waals surface area contributed by atoms with Gasteiger partial charge >= 0.3 is 0 Å². The van der Waals surface area contributed by atoms with E-state index in [2.05, 4.69) is 30.8 Å². The van der Waals surface area contributed by atoms with Gasteiger partial charge < -0.3 is 10.0 Å². The van der Waals surface area contributed by atoms with Crippen molar-refractivity contribution in [2.75, 3.05) is 18.0 Å². The van der Waals surface area contributed by atoms with E-state index in [0.29, 0.717) is 5.15 Å². The molecule has 0 bridgehead atoms. The molecule has 1 aromatic heterocycles. The Labute approximate surface area is 101 Å². The van der Waals surface area contributed by atoms with Gasteiger partial charge in [-0.25, -0.2) is 9.97 Å². The van der Waals surface area contributed by atoms with E-state index < -0.39 is 0 Å². The van der Waals surface area contributed by atoms with Crippen molar-refractivity contribution in [3.63, 3.8) is 0 Å². The van der Waals surface area contributed by atoms with Gasteiger partial charge in [0.1, 0.15) is 17.3 Å². The number of nitrogens with zero attached hydrogens (tertiary/aromatic N) is 3. The molecule has 1 saturated heterocycles. The van der Waals surface area contributed by atoms with E-state index in [4.69, 9.17) is 11.6 Å². The number of rotatable bonds is 1. The molecule has 1 aromatic rings. The molecular formula is C9H11BrClN3O. The number of aromatic nitrogens is 2. The summed E-state index contributed by atoms with van der Waals surface area (Å²) in [5.74, 6) is 0.807. The number of hydrogen-bond donors (Lipinski definition) is 1. The van der Waals surface area contributed by atoms with E-state index >= 15 is 0 Å². The van der Waals surface area contributed by atoms with Crippen molar-refractivity contribution < 1.29 is 5.11 Å². The molecule has 0 unspecified atom stereocenters. The highest BCUT2D eigenvalue weighted by Crippen LogP contribution is 2.30. The number of halogens is 2. The average Bonchev–Trinajstić information content (AvgIpc) is 2.24. The van der Waals surface area contributed by atoms with E-state index in [1.807, 2.05) is 0 Å². The van der Waals surface area contributed by atoms with Gasteiger partial charge in [-0.2, -0.15) is 0 Å². The van der Waals surface area contributed by atoms with Crippen LogP contribution in [0, 0.1) is 0 Å². The average molecular weight is 293 g/mol. The Bertz CT molecular complexity index is 355. The summed E-state index contributed by atoms with van der Waals surface area (Å²) in [6.07, 6.45) is 2.81. The van der Waals surface area contributed by atoms with E-state index in [1.165, 1.54) is 6.33 Å². The zero-order valence-electron chi connectivity index (χ0n) is 8.03. The summed E-state index contributed by atoms with van der Waals surface area (Å²) in [6, 6.07) is 0. The quantitative estimate of drug-likeness (QED) is 0.803. The lowest BCUT2D eigenvalue weighted by Crippen LogP contribution is -2.36. The van der Waals surface area contributed by atoms with Crippen LogP contribution in [0.25, 0.3) is 0 Å². The monoisotopic (exact) mass is 291 g/mol. The molecule has 0 saturated carbocycles. The van der Waals surface area contributed by atoms with Crippen LogP contribution >= 0.6 is 27.5 Å². The topological polar surface area (TPSA) is 49.2 Å². The Kier molecular flexibility index (Phi) is 3.43. The Balaban J connectivity index is 2.19. The van der Waals surface area contributed by atoms with Crippen LogP contribution in [0.2, 0.25) is 5.15 Å². The zero-order chi connectivity index (χ0) is 10.8. The van der Waals surface area contributed by atoms with Gasteiger partial charge in [0.05, 0.1) is 10.6 Å². The summed E-state index contributed by atoms with van der Waals surface area (Å²) in [7, 11) is 0. The van der Waals surface area contributed by atoms with Gasteiger partial charge in [0.15, 0.2) is 0 Å². The van der Waals surface area contributed by atoms with E-state index in [1.54, 1.807) is 0 Å². The summed E-state index contributed by atoms with van der Waals surface area (Å²) >= 11 is 9.26. The highest BCUT2D eigenvalue weighted by Gasteiger charge is 2.20. The van der Waals surface area contributed by atoms with Crippen molar-refractivity contribution in [1.29, 1.82) is 0 Å². The normalized spacial score (nSPS) is 18.2. The fourth-order valence-corrected chi connectivity index (χ4v) is 2.22. The van der Waals surface area contributed by atoms with Crippen molar-refractivity contribution in [2.45, 2.75) is 18.9 Å². The molecule has 0 atom stereocenters. The zero-order valence-corrected chi connectivity index (χ0v) is 10.4. The minimum absolute atomic E-state index is 0.183. The second-order valence-electron chi connectivity index (χ2n) is 3.52. The van der Waals surface area contributed by atoms with Gasteiger partial charge in [0, 0.05) is 13.1 Å². The molecule has 1 N–H and O–H groups in total. The minimum atomic E-state index is -0.183. The molecule has 0 aromatic carbocycles. The molecule has 0 amide bonds. The van der Waals surface area contributed by atoms with Crippen molar-refractivity contribution in [3.8, 4) is 0 Å². The van der Waals surface area contributed by atoms with Crippen molar-refractivity contribution in [3.05, 3.63) is 16.0 Å². The Morgan fingerprint density at radius 2 is 2.07 bits per heavy atom. The summed E-state index contributed by atoms with van der Waals surface area (Å²) < 4.78 is 0.725. The maximum atomic E-state index is 9.40. The first-order valence-electron chi connectivity index (χ1n) is 4.77. The smallest absolute Gasteiger partial charge is 0.148 e. The minimum Gasteiger partial charge on any atom is -0.393 e. The fraction of sp³-hybridized carbons (Fsp3) is 0.556. The Morgan fingerprint density at radius 1 is 1.40 bits per heavy atom. The van der Waals surface area contributed by atoms with Crippen molar-refractivity contribution >= 4 is 33.3 Å². The van der Waals surface area contributed by atoms with Crippen LogP contribution in [-0.4, -0.2) is 34.3 Å². The molecule has 0 radical (unpaired) electrons. The summed E-state index contributed by atoms with van der Waals surface area (Å²) in [4.78, 5) is 10.2. The lowest BCUT2D eigenvalue weighted by molar-refractivity contribution is 0.145. The molecule has 1 fully saturated rings. The Morgan fingerprint density at radius 3 is 2.73 bits per heavy atom. The number of anilines is 1. The number of hydrogen-bond acceptors (Lipinski definition) is 4. The van der Waals surface area contributed by atoms with Crippen LogP contribution in [-0.2, 0) is 0 Å². The van der Waals surface area contributed by atoms with Gasteiger partial charge in [0.25, 0.3) is 0 Å². The molecule has 0 spiro atoms. The third-order valence-electron chi connectivity index (χ3n) is 2.49. The largest absolute Gasteiger partial charge is 0.393 e. The van der Waals surface area contributed by atoms with Crippen LogP contribution in [0.5, 0.6) is 0 Å². The predicted octanol–water partition coefficient (Wildman–Crippen LogP) is 1.85. The third kappa shape index (κ3) is 2.41. The maximum Gasteiger partial charge on any atom is 0.148 e. The molecule has 4 nitrogen and oxygen atoms in total. The van der Waals surface area contributed by atoms with Crippen LogP contribution < -0.4 is 4.90 Å². The molecule has 2 rings (SSSR count). The standard InChI is InChI=1S/C9H11BrClN3O/c10-7-8(11)12-5-13-9(7)14-3-1-6(15)2-4-14/h5-6,15H,1-4H2. The summed E-state index contributed by atoms with van der Waals surface area (Å²) in [5, 5.41) is 9.82. The number of aliphatic hydroxyl groups excluding tert-OH is 1. The predicted molar refractivity (Wildman–Crippen MR) is 62.2 cm³/mol. The molecule has 1 aliphatic heterocycles. The van der Waals surface area contributed by atoms with Crippen molar-refractivity contribution in [2.24, 2.45) is 0 Å². The lowest BCUT2D eigenvalue weighted by atomic mass is 10.1. The molecule has 0 aliphatic carbocycles. The van der Waals surface area contributed by atoms with Gasteiger partial charge in [0.2, 0.25) is 0 Å². The first kappa shape index (κ1) is 11.1. The van der Waals surface area contributed by atoms with Gasteiger partial charge in [-0.1, -0.05) is 11.6 Å². The van der Waals surface area contributed by atoms with Gasteiger partial charge in [-0.3, -0.25) is 0 Å². The highest BCUT2D eigenvalue weighted by atomic mass is 79.9. The molecule has 6 heteroatoms. The van der Waals surface area contributed by atoms with Gasteiger partial charge in [-0.05, 0) is 28.8 Å².